The van der Waals surface area contributed by atoms with Gasteiger partial charge in [0.1, 0.15) is 0 Å². The summed E-state index contributed by atoms with van der Waals surface area (Å²) in [6, 6.07) is 0. The largest absolute Gasteiger partial charge is 0.393 e. The van der Waals surface area contributed by atoms with Crippen LogP contribution in [0, 0.1) is 17.3 Å². The van der Waals surface area contributed by atoms with Crippen LogP contribution in [0.5, 0.6) is 0 Å². The van der Waals surface area contributed by atoms with Crippen molar-refractivity contribution in [2.45, 2.75) is 58.0 Å². The molecule has 0 radical (unpaired) electrons. The van der Waals surface area contributed by atoms with Crippen molar-refractivity contribution in [3.63, 3.8) is 0 Å². The Morgan fingerprint density at radius 2 is 2.18 bits per heavy atom. The molecule has 2 fully saturated rings. The summed E-state index contributed by atoms with van der Waals surface area (Å²) in [6.45, 7) is 8.26. The van der Waals surface area contributed by atoms with E-state index in [0.29, 0.717) is 11.3 Å². The van der Waals surface area contributed by atoms with E-state index in [-0.39, 0.29) is 12.5 Å². The van der Waals surface area contributed by atoms with Gasteiger partial charge in [0.2, 0.25) is 0 Å². The zero-order valence-electron chi connectivity index (χ0n) is 11.2. The lowest BCUT2D eigenvalue weighted by molar-refractivity contribution is -0.0821. The molecule has 2 nitrogen and oxygen atoms in total. The van der Waals surface area contributed by atoms with Crippen molar-refractivity contribution < 1.29 is 10.2 Å². The maximum atomic E-state index is 10.2. The molecule has 17 heavy (non-hydrogen) atoms. The molecule has 2 rings (SSSR count). The van der Waals surface area contributed by atoms with Crippen LogP contribution in [-0.2, 0) is 0 Å². The summed E-state index contributed by atoms with van der Waals surface area (Å²) in [5, 5.41) is 19.5. The molecule has 0 aliphatic heterocycles. The minimum Gasteiger partial charge on any atom is -0.393 e. The van der Waals surface area contributed by atoms with Crippen LogP contribution in [0.2, 0.25) is 0 Å². The Bertz CT molecular complexity index is 308. The molecule has 4 atom stereocenters. The van der Waals surface area contributed by atoms with Crippen molar-refractivity contribution in [3.05, 3.63) is 12.2 Å². The predicted molar refractivity (Wildman–Crippen MR) is 69.6 cm³/mol. The number of fused-ring (bicyclic) bond motifs is 1. The third-order valence-electron chi connectivity index (χ3n) is 5.36. The van der Waals surface area contributed by atoms with E-state index in [1.54, 1.807) is 6.92 Å². The van der Waals surface area contributed by atoms with E-state index in [1.807, 2.05) is 0 Å². The van der Waals surface area contributed by atoms with E-state index >= 15 is 0 Å². The van der Waals surface area contributed by atoms with Gasteiger partial charge in [0, 0.05) is 0 Å². The number of allylic oxidation sites excluding steroid dienone is 1. The molecule has 2 aliphatic rings. The van der Waals surface area contributed by atoms with E-state index < -0.39 is 5.60 Å². The first-order valence-corrected chi connectivity index (χ1v) is 6.90. The lowest BCUT2D eigenvalue weighted by Gasteiger charge is -2.51. The molecule has 2 saturated carbocycles. The molecular weight excluding hydrogens is 212 g/mol. The van der Waals surface area contributed by atoms with E-state index in [4.69, 9.17) is 0 Å². The molecule has 98 valence electrons. The second-order valence-electron chi connectivity index (χ2n) is 6.71. The topological polar surface area (TPSA) is 40.5 Å². The second-order valence-corrected chi connectivity index (χ2v) is 6.71. The van der Waals surface area contributed by atoms with Crippen molar-refractivity contribution in [2.75, 3.05) is 6.61 Å². The molecule has 0 aromatic carbocycles. The Hall–Kier alpha value is -0.340. The minimum atomic E-state index is -0.918. The van der Waals surface area contributed by atoms with Gasteiger partial charge in [-0.05, 0) is 62.7 Å². The SMILES string of the molecule is C=C1CCC[C@]2(C)CC[C@@H](C(C)(O)CO)C[C@@H]12. The molecule has 2 heteroatoms. The van der Waals surface area contributed by atoms with E-state index in [0.717, 1.165) is 25.7 Å². The standard InChI is InChI=1S/C15H26O2/c1-11-5-4-7-14(2)8-6-12(9-13(11)14)15(3,17)10-16/h12-13,16-17H,1,4-10H2,2-3H3/t12-,13+,14-,15?/m1/s1. The van der Waals surface area contributed by atoms with Crippen molar-refractivity contribution in [1.82, 2.24) is 0 Å². The smallest absolute Gasteiger partial charge is 0.0877 e. The van der Waals surface area contributed by atoms with Gasteiger partial charge in [-0.2, -0.15) is 0 Å². The van der Waals surface area contributed by atoms with Crippen LogP contribution in [-0.4, -0.2) is 22.4 Å². The fraction of sp³-hybridized carbons (Fsp3) is 0.867. The molecule has 0 heterocycles. The van der Waals surface area contributed by atoms with Gasteiger partial charge < -0.3 is 10.2 Å². The second kappa shape index (κ2) is 4.40. The monoisotopic (exact) mass is 238 g/mol. The Labute approximate surface area is 105 Å². The maximum absolute atomic E-state index is 10.2. The molecule has 0 spiro atoms. The Morgan fingerprint density at radius 3 is 2.82 bits per heavy atom. The Morgan fingerprint density at radius 1 is 1.47 bits per heavy atom. The summed E-state index contributed by atoms with van der Waals surface area (Å²) in [7, 11) is 0. The van der Waals surface area contributed by atoms with Crippen LogP contribution in [0.1, 0.15) is 52.4 Å². The van der Waals surface area contributed by atoms with Crippen LogP contribution < -0.4 is 0 Å². The number of hydrogen-bond acceptors (Lipinski definition) is 2. The Balaban J connectivity index is 2.14. The van der Waals surface area contributed by atoms with Crippen molar-refractivity contribution >= 4 is 0 Å². The molecule has 0 bridgehead atoms. The van der Waals surface area contributed by atoms with E-state index in [9.17, 15) is 10.2 Å². The highest BCUT2D eigenvalue weighted by Gasteiger charge is 2.46. The predicted octanol–water partition coefficient (Wildman–Crippen LogP) is 2.89. The minimum absolute atomic E-state index is 0.131. The summed E-state index contributed by atoms with van der Waals surface area (Å²) in [5.41, 5.74) is 0.855. The van der Waals surface area contributed by atoms with Crippen molar-refractivity contribution in [3.8, 4) is 0 Å². The first-order valence-electron chi connectivity index (χ1n) is 6.90. The zero-order valence-corrected chi connectivity index (χ0v) is 11.2. The molecule has 0 saturated heterocycles. The van der Waals surface area contributed by atoms with Crippen LogP contribution in [0.15, 0.2) is 12.2 Å². The number of aliphatic hydroxyl groups excluding tert-OH is 1. The summed E-state index contributed by atoms with van der Waals surface area (Å²) in [6.07, 6.45) is 6.92. The highest BCUT2D eigenvalue weighted by atomic mass is 16.3. The summed E-state index contributed by atoms with van der Waals surface area (Å²) < 4.78 is 0. The molecule has 0 amide bonds. The summed E-state index contributed by atoms with van der Waals surface area (Å²) >= 11 is 0. The maximum Gasteiger partial charge on any atom is 0.0877 e. The zero-order chi connectivity index (χ0) is 12.7. The number of rotatable bonds is 2. The third kappa shape index (κ3) is 2.30. The van der Waals surface area contributed by atoms with E-state index in [1.165, 1.54) is 18.4 Å². The van der Waals surface area contributed by atoms with E-state index in [2.05, 4.69) is 13.5 Å². The molecule has 1 unspecified atom stereocenters. The van der Waals surface area contributed by atoms with Gasteiger partial charge in [-0.1, -0.05) is 19.1 Å². The quantitative estimate of drug-likeness (QED) is 0.726. The first-order chi connectivity index (χ1) is 7.89. The molecule has 0 aromatic heterocycles. The fourth-order valence-corrected chi connectivity index (χ4v) is 3.91. The number of hydrogen-bond donors (Lipinski definition) is 2. The van der Waals surface area contributed by atoms with Crippen molar-refractivity contribution in [1.29, 1.82) is 0 Å². The van der Waals surface area contributed by atoms with Gasteiger partial charge in [0.15, 0.2) is 0 Å². The number of aliphatic hydroxyl groups is 2. The highest BCUT2D eigenvalue weighted by molar-refractivity contribution is 5.13. The van der Waals surface area contributed by atoms with Crippen LogP contribution >= 0.6 is 0 Å². The Kier molecular flexibility index (Phi) is 3.39. The third-order valence-corrected chi connectivity index (χ3v) is 5.36. The average Bonchev–Trinajstić information content (AvgIpc) is 2.28. The van der Waals surface area contributed by atoms with Gasteiger partial charge in [-0.15, -0.1) is 0 Å². The lowest BCUT2D eigenvalue weighted by atomic mass is 9.55. The average molecular weight is 238 g/mol. The van der Waals surface area contributed by atoms with Gasteiger partial charge >= 0.3 is 0 Å². The first kappa shape index (κ1) is 13.1. The highest BCUT2D eigenvalue weighted by Crippen LogP contribution is 2.54. The molecule has 2 aliphatic carbocycles. The molecule has 0 aromatic rings. The van der Waals surface area contributed by atoms with Gasteiger partial charge in [0.25, 0.3) is 0 Å². The molecule has 2 N–H and O–H groups in total. The summed E-state index contributed by atoms with van der Waals surface area (Å²) in [4.78, 5) is 0. The fourth-order valence-electron chi connectivity index (χ4n) is 3.91. The van der Waals surface area contributed by atoms with Crippen LogP contribution in [0.4, 0.5) is 0 Å². The molecular formula is C15H26O2. The van der Waals surface area contributed by atoms with Crippen molar-refractivity contribution in [2.24, 2.45) is 17.3 Å². The van der Waals surface area contributed by atoms with Crippen LogP contribution in [0.3, 0.4) is 0 Å². The lowest BCUT2D eigenvalue weighted by Crippen LogP contribution is -2.46. The summed E-state index contributed by atoms with van der Waals surface area (Å²) in [5.74, 6) is 0.772. The van der Waals surface area contributed by atoms with Gasteiger partial charge in [0.05, 0.1) is 12.2 Å². The van der Waals surface area contributed by atoms with Gasteiger partial charge in [-0.3, -0.25) is 0 Å². The normalized spacial score (nSPS) is 41.8. The van der Waals surface area contributed by atoms with Crippen LogP contribution in [0.25, 0.3) is 0 Å². The van der Waals surface area contributed by atoms with Gasteiger partial charge in [-0.25, -0.2) is 0 Å².